The van der Waals surface area contributed by atoms with E-state index in [1.54, 1.807) is 12.3 Å². The Labute approximate surface area is 145 Å². The van der Waals surface area contributed by atoms with E-state index in [2.05, 4.69) is 15.2 Å². The van der Waals surface area contributed by atoms with E-state index in [1.165, 1.54) is 6.07 Å². The largest absolute Gasteiger partial charge is 0.482 e. The molecule has 0 atom stereocenters. The fourth-order valence-electron chi connectivity index (χ4n) is 3.21. The number of amides is 1. The highest BCUT2D eigenvalue weighted by molar-refractivity contribution is 5.95. The van der Waals surface area contributed by atoms with Crippen LogP contribution in [0.15, 0.2) is 36.5 Å². The minimum atomic E-state index is -0.277. The first-order valence-electron chi connectivity index (χ1n) is 8.32. The summed E-state index contributed by atoms with van der Waals surface area (Å²) in [7, 11) is 0. The van der Waals surface area contributed by atoms with Gasteiger partial charge in [0.25, 0.3) is 5.91 Å². The van der Waals surface area contributed by atoms with Gasteiger partial charge < -0.3 is 15.0 Å². The van der Waals surface area contributed by atoms with Crippen molar-refractivity contribution in [3.05, 3.63) is 47.9 Å². The predicted octanol–water partition coefficient (Wildman–Crippen LogP) is 1.87. The molecule has 4 rings (SSSR count). The minimum absolute atomic E-state index is 0.0678. The van der Waals surface area contributed by atoms with Crippen molar-refractivity contribution in [1.82, 2.24) is 9.88 Å². The highest BCUT2D eigenvalue weighted by Gasteiger charge is 2.21. The Kier molecular flexibility index (Phi) is 4.23. The van der Waals surface area contributed by atoms with Crippen LogP contribution < -0.4 is 15.0 Å². The summed E-state index contributed by atoms with van der Waals surface area (Å²) < 4.78 is 19.2. The molecule has 3 heterocycles. The maximum atomic E-state index is 13.8. The lowest BCUT2D eigenvalue weighted by atomic mass is 10.1. The van der Waals surface area contributed by atoms with Crippen molar-refractivity contribution in [3.63, 3.8) is 0 Å². The number of aromatic nitrogens is 1. The third-order valence-electron chi connectivity index (χ3n) is 4.49. The lowest BCUT2D eigenvalue weighted by molar-refractivity contribution is -0.118. The van der Waals surface area contributed by atoms with Crippen LogP contribution in [0.4, 0.5) is 15.9 Å². The van der Waals surface area contributed by atoms with Crippen molar-refractivity contribution in [3.8, 4) is 5.75 Å². The fourth-order valence-corrected chi connectivity index (χ4v) is 3.21. The zero-order valence-electron chi connectivity index (χ0n) is 13.7. The average molecular weight is 342 g/mol. The summed E-state index contributed by atoms with van der Waals surface area (Å²) in [6.45, 7) is 3.98. The number of benzene rings is 1. The van der Waals surface area contributed by atoms with Gasteiger partial charge in [-0.2, -0.15) is 0 Å². The van der Waals surface area contributed by atoms with E-state index in [0.29, 0.717) is 11.6 Å². The zero-order chi connectivity index (χ0) is 17.2. The Balaban J connectivity index is 1.38. The number of pyridine rings is 1. The van der Waals surface area contributed by atoms with Crippen molar-refractivity contribution < 1.29 is 13.9 Å². The number of carbonyl (C=O) groups excluding carboxylic acids is 1. The molecule has 130 valence electrons. The van der Waals surface area contributed by atoms with Crippen LogP contribution in [0.1, 0.15) is 5.56 Å². The maximum absolute atomic E-state index is 13.8. The van der Waals surface area contributed by atoms with E-state index in [-0.39, 0.29) is 18.3 Å². The molecule has 2 aromatic rings. The first-order valence-corrected chi connectivity index (χ1v) is 8.32. The van der Waals surface area contributed by atoms with Crippen molar-refractivity contribution in [2.24, 2.45) is 0 Å². The monoisotopic (exact) mass is 342 g/mol. The number of hydrogen-bond acceptors (Lipinski definition) is 5. The van der Waals surface area contributed by atoms with Crippen molar-refractivity contribution in [1.29, 1.82) is 0 Å². The highest BCUT2D eigenvalue weighted by Crippen LogP contribution is 2.29. The van der Waals surface area contributed by atoms with Gasteiger partial charge in [-0.1, -0.05) is 6.07 Å². The van der Waals surface area contributed by atoms with E-state index in [9.17, 15) is 9.18 Å². The van der Waals surface area contributed by atoms with Gasteiger partial charge in [0.1, 0.15) is 5.75 Å². The lowest BCUT2D eigenvalue weighted by Crippen LogP contribution is -2.46. The molecule has 0 radical (unpaired) electrons. The summed E-state index contributed by atoms with van der Waals surface area (Å²) in [4.78, 5) is 19.9. The molecule has 25 heavy (non-hydrogen) atoms. The number of hydrogen-bond donors (Lipinski definition) is 1. The van der Waals surface area contributed by atoms with Crippen molar-refractivity contribution in [2.75, 3.05) is 43.0 Å². The smallest absolute Gasteiger partial charge is 0.262 e. The lowest BCUT2D eigenvalue weighted by Gasteiger charge is -2.35. The molecule has 1 aromatic carbocycles. The molecule has 1 amide bonds. The molecule has 1 aromatic heterocycles. The van der Waals surface area contributed by atoms with Crippen LogP contribution in [0.5, 0.6) is 5.75 Å². The number of nitrogens with one attached hydrogen (secondary N) is 1. The van der Waals surface area contributed by atoms with Crippen LogP contribution in [-0.4, -0.2) is 48.6 Å². The first kappa shape index (κ1) is 15.8. The number of carbonyl (C=O) groups is 1. The molecule has 7 heteroatoms. The zero-order valence-corrected chi connectivity index (χ0v) is 13.7. The van der Waals surface area contributed by atoms with Gasteiger partial charge in [0, 0.05) is 38.9 Å². The van der Waals surface area contributed by atoms with E-state index in [4.69, 9.17) is 4.74 Å². The molecule has 0 saturated carbocycles. The molecule has 0 bridgehead atoms. The van der Waals surface area contributed by atoms with Crippen LogP contribution in [-0.2, 0) is 11.3 Å². The van der Waals surface area contributed by atoms with Gasteiger partial charge in [0.15, 0.2) is 18.2 Å². The molecule has 6 nitrogen and oxygen atoms in total. The molecule has 1 fully saturated rings. The fraction of sp³-hybridized carbons (Fsp3) is 0.333. The second-order valence-corrected chi connectivity index (χ2v) is 6.24. The molecule has 0 spiro atoms. The number of ether oxygens (including phenoxy) is 1. The summed E-state index contributed by atoms with van der Waals surface area (Å²) >= 11 is 0. The third kappa shape index (κ3) is 3.41. The molecule has 0 aliphatic carbocycles. The number of fused-ring (bicyclic) bond motifs is 1. The van der Waals surface area contributed by atoms with Gasteiger partial charge in [-0.3, -0.25) is 9.69 Å². The SMILES string of the molecule is O=C1COc2ccc(CN3CCN(c4ncccc4F)CC3)cc2N1. The van der Waals surface area contributed by atoms with E-state index in [0.717, 1.165) is 44.0 Å². The summed E-state index contributed by atoms with van der Waals surface area (Å²) in [6.07, 6.45) is 1.62. The van der Waals surface area contributed by atoms with Crippen LogP contribution in [0.2, 0.25) is 0 Å². The van der Waals surface area contributed by atoms with Crippen LogP contribution in [0, 0.1) is 5.82 Å². The first-order chi connectivity index (χ1) is 12.2. The molecule has 2 aliphatic heterocycles. The second-order valence-electron chi connectivity index (χ2n) is 6.24. The summed E-state index contributed by atoms with van der Waals surface area (Å²) in [5, 5.41) is 2.83. The van der Waals surface area contributed by atoms with Crippen LogP contribution >= 0.6 is 0 Å². The number of halogens is 1. The summed E-state index contributed by atoms with van der Waals surface area (Å²) in [5.41, 5.74) is 1.84. The number of rotatable bonds is 3. The van der Waals surface area contributed by atoms with E-state index < -0.39 is 0 Å². The van der Waals surface area contributed by atoms with Crippen molar-refractivity contribution in [2.45, 2.75) is 6.54 Å². The van der Waals surface area contributed by atoms with E-state index >= 15 is 0 Å². The van der Waals surface area contributed by atoms with Gasteiger partial charge in [-0.15, -0.1) is 0 Å². The quantitative estimate of drug-likeness (QED) is 0.923. The topological polar surface area (TPSA) is 57.7 Å². The molecule has 1 saturated heterocycles. The number of piperazine rings is 1. The van der Waals surface area contributed by atoms with Gasteiger partial charge >= 0.3 is 0 Å². The second kappa shape index (κ2) is 6.68. The summed E-state index contributed by atoms with van der Waals surface area (Å²) in [5.74, 6) is 0.728. The van der Waals surface area contributed by atoms with Crippen molar-refractivity contribution >= 4 is 17.4 Å². The Morgan fingerprint density at radius 3 is 2.84 bits per heavy atom. The maximum Gasteiger partial charge on any atom is 0.262 e. The molecule has 1 N–H and O–H groups in total. The van der Waals surface area contributed by atoms with Gasteiger partial charge in [0.2, 0.25) is 0 Å². The number of anilines is 2. The van der Waals surface area contributed by atoms with Gasteiger partial charge in [-0.05, 0) is 29.8 Å². The standard InChI is InChI=1S/C18H19FN4O2/c19-14-2-1-5-20-18(14)23-8-6-22(7-9-23)11-13-3-4-16-15(10-13)21-17(24)12-25-16/h1-5,10H,6-9,11-12H2,(H,21,24). The Bertz CT molecular complexity index is 790. The van der Waals surface area contributed by atoms with Crippen LogP contribution in [0.3, 0.4) is 0 Å². The highest BCUT2D eigenvalue weighted by atomic mass is 19.1. The normalized spacial score (nSPS) is 17.6. The third-order valence-corrected chi connectivity index (χ3v) is 4.49. The van der Waals surface area contributed by atoms with Gasteiger partial charge in [0.05, 0.1) is 5.69 Å². The molecule has 0 unspecified atom stereocenters. The van der Waals surface area contributed by atoms with Crippen LogP contribution in [0.25, 0.3) is 0 Å². The Morgan fingerprint density at radius 2 is 2.04 bits per heavy atom. The Morgan fingerprint density at radius 1 is 1.20 bits per heavy atom. The Hall–Kier alpha value is -2.67. The molecular formula is C18H19FN4O2. The minimum Gasteiger partial charge on any atom is -0.482 e. The molecular weight excluding hydrogens is 323 g/mol. The van der Waals surface area contributed by atoms with E-state index in [1.807, 2.05) is 23.1 Å². The van der Waals surface area contributed by atoms with Gasteiger partial charge in [-0.25, -0.2) is 9.37 Å². The predicted molar refractivity (Wildman–Crippen MR) is 92.3 cm³/mol. The average Bonchev–Trinajstić information content (AvgIpc) is 2.63. The summed E-state index contributed by atoms with van der Waals surface area (Å²) in [6, 6.07) is 8.91. The molecule has 2 aliphatic rings. The number of nitrogens with zero attached hydrogens (tertiary/aromatic N) is 3.